The van der Waals surface area contributed by atoms with Gasteiger partial charge in [-0.1, -0.05) is 60.7 Å². The van der Waals surface area contributed by atoms with Gasteiger partial charge in [-0.15, -0.1) is 0 Å². The van der Waals surface area contributed by atoms with Crippen LogP contribution < -0.4 is 9.80 Å². The predicted octanol–water partition coefficient (Wildman–Crippen LogP) is 7.53. The van der Waals surface area contributed by atoms with Gasteiger partial charge >= 0.3 is 19.5 Å². The molecule has 0 fully saturated rings. The van der Waals surface area contributed by atoms with Gasteiger partial charge in [0.25, 0.3) is 0 Å². The van der Waals surface area contributed by atoms with Crippen molar-refractivity contribution in [2.45, 2.75) is 0 Å². The Kier molecular flexibility index (Phi) is 11.3. The fourth-order valence-corrected chi connectivity index (χ4v) is 4.97. The summed E-state index contributed by atoms with van der Waals surface area (Å²) in [5.41, 5.74) is 4.71. The summed E-state index contributed by atoms with van der Waals surface area (Å²) in [6.45, 7) is 0. The summed E-state index contributed by atoms with van der Waals surface area (Å²) in [4.78, 5) is 30.0. The zero-order valence-electron chi connectivity index (χ0n) is 26.8. The SMILES string of the molecule is CN(c1ccccn1)c1ccccn1.CN(c1ccccn1)c1ccccn1.N=C1C(=N)c2nc3ccccc3nc2-c2ccccc21.[Rh+3]. The van der Waals surface area contributed by atoms with E-state index in [0.29, 0.717) is 11.4 Å². The van der Waals surface area contributed by atoms with E-state index in [4.69, 9.17) is 10.8 Å². The maximum Gasteiger partial charge on any atom is 3.00 e. The molecule has 2 aromatic carbocycles. The number of benzene rings is 2. The largest absolute Gasteiger partial charge is 3.00 e. The van der Waals surface area contributed by atoms with Crippen LogP contribution in [0.25, 0.3) is 22.3 Å². The van der Waals surface area contributed by atoms with Gasteiger partial charge in [0.15, 0.2) is 0 Å². The first-order valence-corrected chi connectivity index (χ1v) is 15.2. The van der Waals surface area contributed by atoms with Crippen molar-refractivity contribution in [3.8, 4) is 11.3 Å². The zero-order valence-corrected chi connectivity index (χ0v) is 28.4. The molecule has 0 saturated carbocycles. The number of hydrogen-bond acceptors (Lipinski definition) is 10. The molecule has 49 heavy (non-hydrogen) atoms. The molecule has 240 valence electrons. The molecule has 1 aliphatic rings. The van der Waals surface area contributed by atoms with E-state index in [-0.39, 0.29) is 30.9 Å². The summed E-state index contributed by atoms with van der Waals surface area (Å²) in [6.07, 6.45) is 7.09. The van der Waals surface area contributed by atoms with Crippen LogP contribution in [0.2, 0.25) is 0 Å². The normalized spacial score (nSPS) is 11.0. The summed E-state index contributed by atoms with van der Waals surface area (Å²) in [5, 5.41) is 16.3. The van der Waals surface area contributed by atoms with Crippen molar-refractivity contribution >= 4 is 45.7 Å². The molecular weight excluding hydrogens is 699 g/mol. The smallest absolute Gasteiger partial charge is 0.314 e. The summed E-state index contributed by atoms with van der Waals surface area (Å²) in [5.74, 6) is 3.58. The Morgan fingerprint density at radius 3 is 1.14 bits per heavy atom. The van der Waals surface area contributed by atoms with E-state index >= 15 is 0 Å². The third kappa shape index (κ3) is 7.92. The molecular formula is C38H32N10Rh+3. The number of nitrogens with zero attached hydrogens (tertiary/aromatic N) is 8. The van der Waals surface area contributed by atoms with Crippen LogP contribution in [-0.4, -0.2) is 55.4 Å². The number of anilines is 4. The molecule has 0 bridgehead atoms. The monoisotopic (exact) mass is 731 g/mol. The second kappa shape index (κ2) is 16.2. The van der Waals surface area contributed by atoms with E-state index in [1.807, 2.05) is 145 Å². The molecule has 0 unspecified atom stereocenters. The van der Waals surface area contributed by atoms with Crippen molar-refractivity contribution in [2.24, 2.45) is 0 Å². The molecule has 0 radical (unpaired) electrons. The van der Waals surface area contributed by atoms with Crippen molar-refractivity contribution < 1.29 is 19.5 Å². The summed E-state index contributed by atoms with van der Waals surface area (Å²) < 4.78 is 0. The van der Waals surface area contributed by atoms with Gasteiger partial charge in [-0.2, -0.15) is 0 Å². The number of aromatic nitrogens is 6. The summed E-state index contributed by atoms with van der Waals surface area (Å²) in [7, 11) is 3.90. The molecule has 5 heterocycles. The number of hydrogen-bond donors (Lipinski definition) is 2. The average Bonchev–Trinajstić information content (AvgIpc) is 3.17. The number of para-hydroxylation sites is 2. The fraction of sp³-hybridized carbons (Fsp3) is 0.0526. The van der Waals surface area contributed by atoms with Crippen LogP contribution in [0.1, 0.15) is 11.3 Å². The number of fused-ring (bicyclic) bond motifs is 4. The Labute approximate surface area is 297 Å². The molecule has 0 atom stereocenters. The first kappa shape index (κ1) is 34.3. The number of pyridine rings is 4. The molecule has 0 amide bonds. The molecule has 7 aromatic rings. The summed E-state index contributed by atoms with van der Waals surface area (Å²) >= 11 is 0. The minimum atomic E-state index is 0. The van der Waals surface area contributed by atoms with E-state index in [2.05, 4.69) is 29.9 Å². The van der Waals surface area contributed by atoms with Gasteiger partial charge in [0, 0.05) is 50.0 Å². The van der Waals surface area contributed by atoms with Crippen molar-refractivity contribution in [1.82, 2.24) is 29.9 Å². The maximum absolute atomic E-state index is 8.16. The Bertz CT molecular complexity index is 1990. The third-order valence-electron chi connectivity index (χ3n) is 7.48. The molecule has 2 N–H and O–H groups in total. The van der Waals surface area contributed by atoms with Crippen molar-refractivity contribution in [1.29, 1.82) is 10.8 Å². The third-order valence-corrected chi connectivity index (χ3v) is 7.48. The Morgan fingerprint density at radius 2 is 0.755 bits per heavy atom. The zero-order chi connectivity index (χ0) is 33.3. The van der Waals surface area contributed by atoms with Gasteiger partial charge in [0.2, 0.25) is 0 Å². The average molecular weight is 732 g/mol. The standard InChI is InChI=1S/C16H10N4.2C11H11N3.Rh/c17-13-9-5-1-2-6-10(9)15-16(14(13)18)20-12-8-4-3-7-11(12)19-15;2*1-14(10-6-2-4-8-12-10)11-7-3-5-9-13-11;/h1-8,17-18H;2*2-9H,1H3;/q;;;+3. The molecule has 11 heteroatoms. The van der Waals surface area contributed by atoms with Gasteiger partial charge in [-0.25, -0.2) is 29.9 Å². The van der Waals surface area contributed by atoms with Crippen LogP contribution in [0, 0.1) is 10.8 Å². The van der Waals surface area contributed by atoms with Crippen LogP contribution >= 0.6 is 0 Å². The predicted molar refractivity (Wildman–Crippen MR) is 192 cm³/mol. The molecule has 0 saturated heterocycles. The first-order valence-electron chi connectivity index (χ1n) is 15.2. The molecule has 5 aromatic heterocycles. The van der Waals surface area contributed by atoms with E-state index in [1.54, 1.807) is 24.8 Å². The molecule has 10 nitrogen and oxygen atoms in total. The fourth-order valence-electron chi connectivity index (χ4n) is 4.97. The molecule has 0 aliphatic heterocycles. The quantitative estimate of drug-likeness (QED) is 0.178. The van der Waals surface area contributed by atoms with Crippen LogP contribution in [0.5, 0.6) is 0 Å². The van der Waals surface area contributed by atoms with Crippen LogP contribution in [0.3, 0.4) is 0 Å². The van der Waals surface area contributed by atoms with E-state index in [9.17, 15) is 0 Å². The van der Waals surface area contributed by atoms with Gasteiger partial charge in [0.05, 0.1) is 22.4 Å². The second-order valence-electron chi connectivity index (χ2n) is 10.6. The van der Waals surface area contributed by atoms with Crippen LogP contribution in [0.4, 0.5) is 23.3 Å². The Morgan fingerprint density at radius 1 is 0.408 bits per heavy atom. The van der Waals surface area contributed by atoms with E-state index in [1.165, 1.54) is 0 Å². The first-order chi connectivity index (χ1) is 23.5. The van der Waals surface area contributed by atoms with Crippen molar-refractivity contribution in [2.75, 3.05) is 23.9 Å². The molecule has 8 rings (SSSR count). The Balaban J connectivity index is 0.000000146. The number of rotatable bonds is 4. The minimum absolute atomic E-state index is 0. The van der Waals surface area contributed by atoms with Crippen molar-refractivity contribution in [3.63, 3.8) is 0 Å². The van der Waals surface area contributed by atoms with Crippen LogP contribution in [0.15, 0.2) is 146 Å². The van der Waals surface area contributed by atoms with Gasteiger partial charge < -0.3 is 9.80 Å². The van der Waals surface area contributed by atoms with Gasteiger partial charge in [0.1, 0.15) is 34.7 Å². The maximum atomic E-state index is 8.16. The van der Waals surface area contributed by atoms with Crippen LogP contribution in [-0.2, 0) is 19.5 Å². The topological polar surface area (TPSA) is 132 Å². The molecule has 0 spiro atoms. The summed E-state index contributed by atoms with van der Waals surface area (Å²) in [6, 6.07) is 38.4. The number of nitrogens with one attached hydrogen (secondary N) is 2. The van der Waals surface area contributed by atoms with E-state index < -0.39 is 0 Å². The van der Waals surface area contributed by atoms with Gasteiger partial charge in [-0.05, 0) is 60.7 Å². The Hall–Kier alpha value is -6.06. The van der Waals surface area contributed by atoms with E-state index in [0.717, 1.165) is 45.4 Å². The van der Waals surface area contributed by atoms with Crippen molar-refractivity contribution in [3.05, 3.63) is 157 Å². The van der Waals surface area contributed by atoms with Gasteiger partial charge in [-0.3, -0.25) is 10.8 Å². The second-order valence-corrected chi connectivity index (χ2v) is 10.6. The molecule has 1 aliphatic carbocycles. The minimum Gasteiger partial charge on any atom is -0.314 e.